The molecule has 0 amide bonds. The molecule has 0 aliphatic carbocycles. The van der Waals surface area contributed by atoms with Gasteiger partial charge in [-0.25, -0.2) is 0 Å². The molecule has 1 unspecified atom stereocenters. The molecule has 0 saturated heterocycles. The number of aliphatic hydroxyl groups excluding tert-OH is 1. The van der Waals surface area contributed by atoms with E-state index >= 15 is 0 Å². The van der Waals surface area contributed by atoms with Crippen molar-refractivity contribution in [1.29, 1.82) is 0 Å². The predicted molar refractivity (Wildman–Crippen MR) is 65.5 cm³/mol. The maximum atomic E-state index is 10.7. The van der Waals surface area contributed by atoms with Crippen LogP contribution in [0.3, 0.4) is 0 Å². The van der Waals surface area contributed by atoms with Crippen LogP contribution in [0.25, 0.3) is 0 Å². The standard InChI is InChI=1S/C10H13BrN2O3/c1-7(6-14)5-12-9-4-8(11)2-3-10(9)13(15)16/h2-4,7,12,14H,5-6H2,1H3. The maximum absolute atomic E-state index is 10.7. The Labute approximate surface area is 102 Å². The van der Waals surface area contributed by atoms with Crippen LogP contribution in [0.2, 0.25) is 0 Å². The molecular formula is C10H13BrN2O3. The molecule has 1 aromatic carbocycles. The van der Waals surface area contributed by atoms with E-state index in [1.807, 2.05) is 6.92 Å². The average Bonchev–Trinajstić information content (AvgIpc) is 2.25. The Bertz CT molecular complexity index is 384. The van der Waals surface area contributed by atoms with E-state index in [9.17, 15) is 10.1 Å². The zero-order valence-corrected chi connectivity index (χ0v) is 10.4. The summed E-state index contributed by atoms with van der Waals surface area (Å²) >= 11 is 3.26. The van der Waals surface area contributed by atoms with Gasteiger partial charge in [0.25, 0.3) is 5.69 Å². The minimum Gasteiger partial charge on any atom is -0.396 e. The largest absolute Gasteiger partial charge is 0.396 e. The minimum absolute atomic E-state index is 0.0355. The topological polar surface area (TPSA) is 75.4 Å². The first-order valence-corrected chi connectivity index (χ1v) is 5.62. The number of rotatable bonds is 5. The quantitative estimate of drug-likeness (QED) is 0.644. The normalized spacial score (nSPS) is 12.2. The summed E-state index contributed by atoms with van der Waals surface area (Å²) in [6, 6.07) is 4.72. The van der Waals surface area contributed by atoms with Crippen LogP contribution in [0.4, 0.5) is 11.4 Å². The van der Waals surface area contributed by atoms with Crippen molar-refractivity contribution < 1.29 is 10.0 Å². The van der Waals surface area contributed by atoms with E-state index in [-0.39, 0.29) is 18.2 Å². The highest BCUT2D eigenvalue weighted by Crippen LogP contribution is 2.27. The third-order valence-electron chi connectivity index (χ3n) is 2.11. The predicted octanol–water partition coefficient (Wildman–Crippen LogP) is 2.40. The van der Waals surface area contributed by atoms with Crippen molar-refractivity contribution in [2.24, 2.45) is 5.92 Å². The Morgan fingerprint density at radius 3 is 2.88 bits per heavy atom. The van der Waals surface area contributed by atoms with Crippen molar-refractivity contribution in [2.45, 2.75) is 6.92 Å². The van der Waals surface area contributed by atoms with Gasteiger partial charge in [-0.3, -0.25) is 10.1 Å². The van der Waals surface area contributed by atoms with Crippen LogP contribution >= 0.6 is 15.9 Å². The molecule has 1 rings (SSSR count). The van der Waals surface area contributed by atoms with Crippen molar-refractivity contribution in [3.8, 4) is 0 Å². The van der Waals surface area contributed by atoms with E-state index in [1.165, 1.54) is 6.07 Å². The van der Waals surface area contributed by atoms with Gasteiger partial charge < -0.3 is 10.4 Å². The lowest BCUT2D eigenvalue weighted by atomic mass is 10.2. The molecule has 1 aromatic rings. The van der Waals surface area contributed by atoms with Gasteiger partial charge in [-0.15, -0.1) is 0 Å². The molecule has 0 bridgehead atoms. The Morgan fingerprint density at radius 1 is 1.62 bits per heavy atom. The molecule has 2 N–H and O–H groups in total. The van der Waals surface area contributed by atoms with Gasteiger partial charge in [0.05, 0.1) is 4.92 Å². The zero-order chi connectivity index (χ0) is 12.1. The number of nitro groups is 1. The fourth-order valence-corrected chi connectivity index (χ4v) is 1.52. The van der Waals surface area contributed by atoms with Crippen LogP contribution in [0, 0.1) is 16.0 Å². The highest BCUT2D eigenvalue weighted by molar-refractivity contribution is 9.10. The number of nitro benzene ring substituents is 1. The van der Waals surface area contributed by atoms with Gasteiger partial charge in [0.15, 0.2) is 0 Å². The number of aliphatic hydroxyl groups is 1. The van der Waals surface area contributed by atoms with Crippen LogP contribution in [-0.2, 0) is 0 Å². The van der Waals surface area contributed by atoms with Crippen molar-refractivity contribution in [2.75, 3.05) is 18.5 Å². The molecule has 0 fully saturated rings. The SMILES string of the molecule is CC(CO)CNc1cc(Br)ccc1[N+](=O)[O-]. The van der Waals surface area contributed by atoms with Crippen molar-refractivity contribution in [3.05, 3.63) is 32.8 Å². The summed E-state index contributed by atoms with van der Waals surface area (Å²) in [5.41, 5.74) is 0.494. The van der Waals surface area contributed by atoms with Crippen LogP contribution < -0.4 is 5.32 Å². The third-order valence-corrected chi connectivity index (χ3v) is 2.60. The third kappa shape index (κ3) is 3.46. The monoisotopic (exact) mass is 288 g/mol. The first-order valence-electron chi connectivity index (χ1n) is 4.83. The molecule has 0 saturated carbocycles. The highest BCUT2D eigenvalue weighted by Gasteiger charge is 2.13. The second-order valence-electron chi connectivity index (χ2n) is 3.59. The smallest absolute Gasteiger partial charge is 0.292 e. The van der Waals surface area contributed by atoms with E-state index in [1.54, 1.807) is 12.1 Å². The summed E-state index contributed by atoms with van der Waals surface area (Å²) in [5, 5.41) is 22.6. The summed E-state index contributed by atoms with van der Waals surface area (Å²) in [4.78, 5) is 10.3. The molecule has 88 valence electrons. The van der Waals surface area contributed by atoms with Gasteiger partial charge >= 0.3 is 0 Å². The molecule has 0 aliphatic heterocycles. The molecule has 6 heteroatoms. The Morgan fingerprint density at radius 2 is 2.31 bits per heavy atom. The molecule has 5 nitrogen and oxygen atoms in total. The van der Waals surface area contributed by atoms with Crippen LogP contribution in [-0.4, -0.2) is 23.2 Å². The van der Waals surface area contributed by atoms with Gasteiger partial charge in [-0.1, -0.05) is 22.9 Å². The lowest BCUT2D eigenvalue weighted by molar-refractivity contribution is -0.384. The van der Waals surface area contributed by atoms with Gasteiger partial charge in [0.1, 0.15) is 5.69 Å². The Balaban J connectivity index is 2.84. The van der Waals surface area contributed by atoms with E-state index in [4.69, 9.17) is 5.11 Å². The molecule has 16 heavy (non-hydrogen) atoms. The number of hydrogen-bond donors (Lipinski definition) is 2. The van der Waals surface area contributed by atoms with Gasteiger partial charge in [-0.2, -0.15) is 0 Å². The van der Waals surface area contributed by atoms with Crippen LogP contribution in [0.5, 0.6) is 0 Å². The molecule has 0 spiro atoms. The summed E-state index contributed by atoms with van der Waals surface area (Å²) in [6.07, 6.45) is 0. The van der Waals surface area contributed by atoms with Crippen molar-refractivity contribution in [3.63, 3.8) is 0 Å². The summed E-state index contributed by atoms with van der Waals surface area (Å²) in [6.45, 7) is 2.40. The number of nitrogens with zero attached hydrogens (tertiary/aromatic N) is 1. The molecule has 0 aromatic heterocycles. The molecule has 0 radical (unpaired) electrons. The summed E-state index contributed by atoms with van der Waals surface area (Å²) in [7, 11) is 0. The van der Waals surface area contributed by atoms with E-state index in [2.05, 4.69) is 21.2 Å². The Kier molecular flexibility index (Phi) is 4.70. The fourth-order valence-electron chi connectivity index (χ4n) is 1.16. The van der Waals surface area contributed by atoms with Crippen molar-refractivity contribution >= 4 is 27.3 Å². The van der Waals surface area contributed by atoms with E-state index in [0.29, 0.717) is 12.2 Å². The first kappa shape index (κ1) is 12.9. The van der Waals surface area contributed by atoms with E-state index < -0.39 is 4.92 Å². The lowest BCUT2D eigenvalue weighted by Crippen LogP contribution is -2.15. The van der Waals surface area contributed by atoms with Gasteiger partial charge in [0, 0.05) is 23.7 Å². The summed E-state index contributed by atoms with van der Waals surface area (Å²) in [5.74, 6) is 0.0542. The van der Waals surface area contributed by atoms with Crippen LogP contribution in [0.1, 0.15) is 6.92 Å². The molecule has 0 heterocycles. The minimum atomic E-state index is -0.432. The second-order valence-corrected chi connectivity index (χ2v) is 4.50. The zero-order valence-electron chi connectivity index (χ0n) is 8.81. The number of halogens is 1. The molecular weight excluding hydrogens is 276 g/mol. The van der Waals surface area contributed by atoms with E-state index in [0.717, 1.165) is 4.47 Å². The van der Waals surface area contributed by atoms with Gasteiger partial charge in [-0.05, 0) is 18.1 Å². The Hall–Kier alpha value is -1.14. The number of benzene rings is 1. The fraction of sp³-hybridized carbons (Fsp3) is 0.400. The molecule has 0 aliphatic rings. The number of hydrogen-bond acceptors (Lipinski definition) is 4. The lowest BCUT2D eigenvalue weighted by Gasteiger charge is -2.11. The second kappa shape index (κ2) is 5.81. The number of nitrogens with one attached hydrogen (secondary N) is 1. The maximum Gasteiger partial charge on any atom is 0.292 e. The molecule has 1 atom stereocenters. The van der Waals surface area contributed by atoms with Crippen LogP contribution in [0.15, 0.2) is 22.7 Å². The first-order chi connectivity index (χ1) is 7.54. The summed E-state index contributed by atoms with van der Waals surface area (Å²) < 4.78 is 0.775. The van der Waals surface area contributed by atoms with Gasteiger partial charge in [0.2, 0.25) is 0 Å². The average molecular weight is 289 g/mol. The number of anilines is 1. The highest BCUT2D eigenvalue weighted by atomic mass is 79.9. The van der Waals surface area contributed by atoms with Crippen molar-refractivity contribution in [1.82, 2.24) is 0 Å².